The van der Waals surface area contributed by atoms with Gasteiger partial charge in [-0.05, 0) is 47.6 Å². The largest absolute Gasteiger partial charge is 0.449 e. The van der Waals surface area contributed by atoms with Crippen LogP contribution in [0.5, 0.6) is 0 Å². The third-order valence-corrected chi connectivity index (χ3v) is 3.64. The average Bonchev–Trinajstić information content (AvgIpc) is 2.46. The topological polar surface area (TPSA) is 89.8 Å². The highest BCUT2D eigenvalue weighted by Crippen LogP contribution is 2.20. The van der Waals surface area contributed by atoms with Crippen molar-refractivity contribution >= 4 is 17.6 Å². The van der Waals surface area contributed by atoms with Gasteiger partial charge in [-0.3, -0.25) is 14.9 Å². The molecule has 1 unspecified atom stereocenters. The summed E-state index contributed by atoms with van der Waals surface area (Å²) in [6.45, 7) is 10.6. The van der Waals surface area contributed by atoms with Crippen LogP contribution in [-0.4, -0.2) is 39.9 Å². The Labute approximate surface area is 141 Å². The van der Waals surface area contributed by atoms with Crippen molar-refractivity contribution in [2.24, 2.45) is 0 Å². The molecule has 1 aromatic carbocycles. The van der Waals surface area contributed by atoms with Crippen LogP contribution < -0.4 is 0 Å². The Hall–Kier alpha value is -2.44. The van der Waals surface area contributed by atoms with Gasteiger partial charge in [0.2, 0.25) is 0 Å². The number of hydrogen-bond donors (Lipinski definition) is 0. The molecule has 0 aliphatic rings. The van der Waals surface area contributed by atoms with Crippen molar-refractivity contribution in [3.8, 4) is 0 Å². The lowest BCUT2D eigenvalue weighted by Crippen LogP contribution is -2.47. The Morgan fingerprint density at radius 2 is 1.67 bits per heavy atom. The molecule has 0 spiro atoms. The van der Waals surface area contributed by atoms with Gasteiger partial charge in [0.05, 0.1) is 10.5 Å². The Morgan fingerprint density at radius 1 is 1.12 bits per heavy atom. The van der Waals surface area contributed by atoms with Gasteiger partial charge in [0, 0.05) is 23.7 Å². The number of rotatable bonds is 6. The van der Waals surface area contributed by atoms with Crippen LogP contribution in [0, 0.1) is 17.0 Å². The van der Waals surface area contributed by atoms with Gasteiger partial charge in [0.25, 0.3) is 11.6 Å². The number of esters is 1. The van der Waals surface area contributed by atoms with E-state index >= 15 is 0 Å². The Kier molecular flexibility index (Phi) is 6.45. The van der Waals surface area contributed by atoms with Gasteiger partial charge in [-0.2, -0.15) is 0 Å². The molecular weight excluding hydrogens is 312 g/mol. The molecule has 0 bridgehead atoms. The number of nitrogens with zero attached hydrogens (tertiary/aromatic N) is 2. The van der Waals surface area contributed by atoms with E-state index in [1.807, 2.05) is 27.7 Å². The highest BCUT2D eigenvalue weighted by molar-refractivity contribution is 5.93. The fourth-order valence-corrected chi connectivity index (χ4v) is 2.53. The van der Waals surface area contributed by atoms with Gasteiger partial charge in [-0.1, -0.05) is 6.07 Å². The summed E-state index contributed by atoms with van der Waals surface area (Å²) in [5.41, 5.74) is 0.341. The Bertz CT molecular complexity index is 632. The lowest BCUT2D eigenvalue weighted by molar-refractivity contribution is -0.385. The van der Waals surface area contributed by atoms with E-state index in [0.29, 0.717) is 5.56 Å². The Morgan fingerprint density at radius 3 is 2.12 bits per heavy atom. The van der Waals surface area contributed by atoms with E-state index in [1.165, 1.54) is 19.1 Å². The first-order valence-corrected chi connectivity index (χ1v) is 7.84. The smallest absolute Gasteiger partial charge is 0.339 e. The maximum atomic E-state index is 12.5. The molecule has 7 nitrogen and oxygen atoms in total. The summed E-state index contributed by atoms with van der Waals surface area (Å²) in [5.74, 6) is -1.05. The SMILES string of the molecule is Cc1ccc(C(=O)OC(C)C(=O)N(C(C)C)C(C)C)cc1[N+](=O)[O-]. The molecule has 132 valence electrons. The molecule has 0 aromatic heterocycles. The molecule has 1 atom stereocenters. The first kappa shape index (κ1) is 19.6. The van der Waals surface area contributed by atoms with E-state index in [2.05, 4.69) is 0 Å². The first-order chi connectivity index (χ1) is 11.1. The van der Waals surface area contributed by atoms with Gasteiger partial charge < -0.3 is 9.64 Å². The predicted octanol–water partition coefficient (Wildman–Crippen LogP) is 3.09. The zero-order valence-electron chi connectivity index (χ0n) is 14.9. The summed E-state index contributed by atoms with van der Waals surface area (Å²) in [7, 11) is 0. The highest BCUT2D eigenvalue weighted by atomic mass is 16.6. The van der Waals surface area contributed by atoms with Gasteiger partial charge in [0.1, 0.15) is 0 Å². The molecule has 0 heterocycles. The summed E-state index contributed by atoms with van der Waals surface area (Å²) in [6.07, 6.45) is -0.970. The summed E-state index contributed by atoms with van der Waals surface area (Å²) < 4.78 is 5.20. The number of hydrogen-bond acceptors (Lipinski definition) is 5. The first-order valence-electron chi connectivity index (χ1n) is 7.84. The molecule has 1 aromatic rings. The minimum atomic E-state index is -0.970. The molecule has 0 N–H and O–H groups in total. The van der Waals surface area contributed by atoms with E-state index < -0.39 is 17.0 Å². The van der Waals surface area contributed by atoms with Gasteiger partial charge >= 0.3 is 5.97 Å². The van der Waals surface area contributed by atoms with Gasteiger partial charge in [-0.25, -0.2) is 4.79 Å². The number of carbonyl (C=O) groups excluding carboxylic acids is 2. The van der Waals surface area contributed by atoms with Crippen LogP contribution in [0.25, 0.3) is 0 Å². The van der Waals surface area contributed by atoms with Crippen LogP contribution in [0.2, 0.25) is 0 Å². The quantitative estimate of drug-likeness (QED) is 0.452. The maximum absolute atomic E-state index is 12.5. The molecule has 0 saturated heterocycles. The minimum absolute atomic E-state index is 0.0286. The molecule has 0 aliphatic carbocycles. The van der Waals surface area contributed by atoms with Crippen molar-refractivity contribution in [2.45, 2.75) is 59.7 Å². The number of ether oxygens (including phenoxy) is 1. The normalized spacial score (nSPS) is 12.2. The second kappa shape index (κ2) is 7.90. The molecular formula is C17H24N2O5. The number of amides is 1. The van der Waals surface area contributed by atoms with Crippen LogP contribution >= 0.6 is 0 Å². The third-order valence-electron chi connectivity index (χ3n) is 3.64. The van der Waals surface area contributed by atoms with Crippen molar-refractivity contribution in [1.82, 2.24) is 4.90 Å². The highest BCUT2D eigenvalue weighted by Gasteiger charge is 2.28. The third kappa shape index (κ3) is 4.53. The molecule has 1 rings (SSSR count). The van der Waals surface area contributed by atoms with Crippen molar-refractivity contribution < 1.29 is 19.2 Å². The lowest BCUT2D eigenvalue weighted by atomic mass is 10.1. The summed E-state index contributed by atoms with van der Waals surface area (Å²) >= 11 is 0. The standard InChI is InChI=1S/C17H24N2O5/c1-10(2)18(11(3)4)16(20)13(6)24-17(21)14-8-7-12(5)15(9-14)19(22)23/h7-11,13H,1-6H3. The van der Waals surface area contributed by atoms with Crippen LogP contribution in [-0.2, 0) is 9.53 Å². The maximum Gasteiger partial charge on any atom is 0.339 e. The van der Waals surface area contributed by atoms with Crippen LogP contribution in [0.3, 0.4) is 0 Å². The van der Waals surface area contributed by atoms with E-state index in [9.17, 15) is 19.7 Å². The zero-order valence-corrected chi connectivity index (χ0v) is 14.9. The number of nitro benzene ring substituents is 1. The molecule has 0 aliphatic heterocycles. The Balaban J connectivity index is 2.93. The molecule has 24 heavy (non-hydrogen) atoms. The molecule has 0 saturated carbocycles. The fourth-order valence-electron chi connectivity index (χ4n) is 2.53. The number of benzene rings is 1. The second-order valence-corrected chi connectivity index (χ2v) is 6.24. The predicted molar refractivity (Wildman–Crippen MR) is 89.8 cm³/mol. The minimum Gasteiger partial charge on any atom is -0.449 e. The summed E-state index contributed by atoms with van der Waals surface area (Å²) in [6, 6.07) is 4.04. The van der Waals surface area contributed by atoms with E-state index in [-0.39, 0.29) is 29.2 Å². The van der Waals surface area contributed by atoms with Crippen molar-refractivity contribution in [2.75, 3.05) is 0 Å². The van der Waals surface area contributed by atoms with E-state index in [4.69, 9.17) is 4.74 Å². The molecule has 1 amide bonds. The zero-order chi connectivity index (χ0) is 18.6. The van der Waals surface area contributed by atoms with Crippen LogP contribution in [0.15, 0.2) is 18.2 Å². The van der Waals surface area contributed by atoms with Crippen LogP contribution in [0.4, 0.5) is 5.69 Å². The van der Waals surface area contributed by atoms with Crippen LogP contribution in [0.1, 0.15) is 50.5 Å². The van der Waals surface area contributed by atoms with Gasteiger partial charge in [-0.15, -0.1) is 0 Å². The van der Waals surface area contributed by atoms with Gasteiger partial charge in [0.15, 0.2) is 6.10 Å². The second-order valence-electron chi connectivity index (χ2n) is 6.24. The summed E-state index contributed by atoms with van der Waals surface area (Å²) in [4.78, 5) is 36.7. The van der Waals surface area contributed by atoms with Crippen molar-refractivity contribution in [1.29, 1.82) is 0 Å². The van der Waals surface area contributed by atoms with E-state index in [1.54, 1.807) is 11.8 Å². The molecule has 7 heteroatoms. The fraction of sp³-hybridized carbons (Fsp3) is 0.529. The lowest BCUT2D eigenvalue weighted by Gasteiger charge is -2.32. The number of nitro groups is 1. The van der Waals surface area contributed by atoms with E-state index in [0.717, 1.165) is 6.07 Å². The molecule has 0 radical (unpaired) electrons. The number of aryl methyl sites for hydroxylation is 1. The summed E-state index contributed by atoms with van der Waals surface area (Å²) in [5, 5.41) is 11.0. The number of carbonyl (C=O) groups is 2. The van der Waals surface area contributed by atoms with Crippen molar-refractivity contribution in [3.63, 3.8) is 0 Å². The average molecular weight is 336 g/mol. The monoisotopic (exact) mass is 336 g/mol. The molecule has 0 fully saturated rings. The van der Waals surface area contributed by atoms with Crippen molar-refractivity contribution in [3.05, 3.63) is 39.4 Å².